The molecule has 1 rings (SSSR count). The Morgan fingerprint density at radius 2 is 1.85 bits per heavy atom. The number of amides is 2. The normalized spacial score (nSPS) is 11.5. The number of carbonyl (C=O) groups excluding carboxylic acids is 2. The van der Waals surface area contributed by atoms with E-state index in [1.165, 1.54) is 12.1 Å². The monoisotopic (exact) mass is 282 g/mol. The summed E-state index contributed by atoms with van der Waals surface area (Å²) in [5.41, 5.74) is 5.08. The Labute approximate surface area is 114 Å². The van der Waals surface area contributed by atoms with E-state index in [2.05, 4.69) is 0 Å². The van der Waals surface area contributed by atoms with Crippen LogP contribution in [0, 0.1) is 0 Å². The second-order valence-electron chi connectivity index (χ2n) is 3.70. The quantitative estimate of drug-likeness (QED) is 0.557. The first kappa shape index (κ1) is 15.6. The van der Waals surface area contributed by atoms with E-state index in [4.69, 9.17) is 15.6 Å². The molecule has 8 heteroatoms. The van der Waals surface area contributed by atoms with Gasteiger partial charge in [-0.3, -0.25) is 19.3 Å². The molecule has 0 heterocycles. The van der Waals surface area contributed by atoms with Crippen molar-refractivity contribution in [2.24, 2.45) is 5.73 Å². The van der Waals surface area contributed by atoms with E-state index in [1.807, 2.05) is 0 Å². The fourth-order valence-electron chi connectivity index (χ4n) is 1.35. The first-order chi connectivity index (χ1) is 9.45. The van der Waals surface area contributed by atoms with Gasteiger partial charge in [0.15, 0.2) is 0 Å². The zero-order valence-corrected chi connectivity index (χ0v) is 10.4. The number of aliphatic hydroxyl groups is 1. The SMILES string of the molecule is NCC(=O)N(CC(=O)O)C(=O)C(O)Oc1ccccc1. The molecule has 0 aliphatic rings. The lowest BCUT2D eigenvalue weighted by molar-refractivity contribution is -0.164. The van der Waals surface area contributed by atoms with Crippen molar-refractivity contribution < 1.29 is 29.3 Å². The molecule has 0 aromatic heterocycles. The lowest BCUT2D eigenvalue weighted by atomic mass is 10.3. The predicted octanol–water partition coefficient (Wildman–Crippen LogP) is -1.22. The third-order valence-corrected chi connectivity index (χ3v) is 2.24. The van der Waals surface area contributed by atoms with Crippen LogP contribution in [-0.2, 0) is 14.4 Å². The highest BCUT2D eigenvalue weighted by atomic mass is 16.6. The Morgan fingerprint density at radius 1 is 1.25 bits per heavy atom. The van der Waals surface area contributed by atoms with Crippen molar-refractivity contribution in [1.29, 1.82) is 0 Å². The zero-order chi connectivity index (χ0) is 15.1. The van der Waals surface area contributed by atoms with Crippen LogP contribution in [0.3, 0.4) is 0 Å². The number of aliphatic carboxylic acids is 1. The maximum Gasteiger partial charge on any atom is 0.323 e. The summed E-state index contributed by atoms with van der Waals surface area (Å²) in [7, 11) is 0. The van der Waals surface area contributed by atoms with Crippen LogP contribution in [0.4, 0.5) is 0 Å². The minimum absolute atomic E-state index is 0.198. The standard InChI is InChI=1S/C12H14N2O6/c13-6-9(15)14(7-10(16)17)11(18)12(19)20-8-4-2-1-3-5-8/h1-5,12,19H,6-7,13H2,(H,16,17). The molecule has 4 N–H and O–H groups in total. The average molecular weight is 282 g/mol. The van der Waals surface area contributed by atoms with E-state index in [0.717, 1.165) is 0 Å². The molecule has 0 aliphatic carbocycles. The predicted molar refractivity (Wildman–Crippen MR) is 66.5 cm³/mol. The smallest absolute Gasteiger partial charge is 0.323 e. The summed E-state index contributed by atoms with van der Waals surface area (Å²) in [6, 6.07) is 7.92. The van der Waals surface area contributed by atoms with Crippen molar-refractivity contribution in [2.75, 3.05) is 13.1 Å². The minimum Gasteiger partial charge on any atom is -0.480 e. The molecule has 8 nitrogen and oxygen atoms in total. The summed E-state index contributed by atoms with van der Waals surface area (Å²) in [4.78, 5) is 34.1. The summed E-state index contributed by atoms with van der Waals surface area (Å²) < 4.78 is 4.91. The van der Waals surface area contributed by atoms with Gasteiger partial charge in [0.2, 0.25) is 5.91 Å². The molecule has 1 aromatic carbocycles. The lowest BCUT2D eigenvalue weighted by Gasteiger charge is -2.21. The molecule has 0 saturated heterocycles. The molecule has 0 saturated carbocycles. The van der Waals surface area contributed by atoms with E-state index in [-0.39, 0.29) is 5.75 Å². The largest absolute Gasteiger partial charge is 0.480 e. The van der Waals surface area contributed by atoms with Gasteiger partial charge >= 0.3 is 5.97 Å². The fourth-order valence-corrected chi connectivity index (χ4v) is 1.35. The van der Waals surface area contributed by atoms with Crippen molar-refractivity contribution in [3.05, 3.63) is 30.3 Å². The molecule has 0 aliphatic heterocycles. The third kappa shape index (κ3) is 4.34. The van der Waals surface area contributed by atoms with E-state index in [1.54, 1.807) is 18.2 Å². The number of imide groups is 1. The van der Waals surface area contributed by atoms with Gasteiger partial charge < -0.3 is 20.7 Å². The third-order valence-electron chi connectivity index (χ3n) is 2.24. The molecule has 1 unspecified atom stereocenters. The molecule has 0 fully saturated rings. The van der Waals surface area contributed by atoms with Crippen LogP contribution in [0.2, 0.25) is 0 Å². The summed E-state index contributed by atoms with van der Waals surface area (Å²) in [5.74, 6) is -3.32. The number of carboxylic acid groups (broad SMARTS) is 1. The van der Waals surface area contributed by atoms with Crippen LogP contribution in [-0.4, -0.2) is 52.3 Å². The molecular formula is C12H14N2O6. The van der Waals surface area contributed by atoms with E-state index in [9.17, 15) is 19.5 Å². The zero-order valence-electron chi connectivity index (χ0n) is 10.4. The van der Waals surface area contributed by atoms with Crippen molar-refractivity contribution in [3.63, 3.8) is 0 Å². The average Bonchev–Trinajstić information content (AvgIpc) is 2.44. The van der Waals surface area contributed by atoms with Crippen molar-refractivity contribution in [2.45, 2.75) is 6.29 Å². The van der Waals surface area contributed by atoms with E-state index < -0.39 is 37.2 Å². The number of benzene rings is 1. The Morgan fingerprint density at radius 3 is 2.35 bits per heavy atom. The highest BCUT2D eigenvalue weighted by Crippen LogP contribution is 2.11. The summed E-state index contributed by atoms with van der Waals surface area (Å²) in [6.45, 7) is -1.46. The number of para-hydroxylation sites is 1. The van der Waals surface area contributed by atoms with Crippen LogP contribution in [0.1, 0.15) is 0 Å². The molecule has 20 heavy (non-hydrogen) atoms. The Balaban J connectivity index is 2.78. The van der Waals surface area contributed by atoms with Crippen molar-refractivity contribution >= 4 is 17.8 Å². The molecule has 108 valence electrons. The van der Waals surface area contributed by atoms with Crippen molar-refractivity contribution in [1.82, 2.24) is 4.90 Å². The molecule has 0 bridgehead atoms. The Kier molecular flexibility index (Phi) is 5.63. The minimum atomic E-state index is -1.99. The van der Waals surface area contributed by atoms with E-state index >= 15 is 0 Å². The first-order valence-corrected chi connectivity index (χ1v) is 5.61. The van der Waals surface area contributed by atoms with E-state index in [0.29, 0.717) is 4.90 Å². The van der Waals surface area contributed by atoms with Gasteiger partial charge in [0.1, 0.15) is 12.3 Å². The molecular weight excluding hydrogens is 268 g/mol. The van der Waals surface area contributed by atoms with Gasteiger partial charge in [-0.15, -0.1) is 0 Å². The second kappa shape index (κ2) is 7.22. The van der Waals surface area contributed by atoms with Gasteiger partial charge in [0.25, 0.3) is 12.2 Å². The molecule has 2 amide bonds. The highest BCUT2D eigenvalue weighted by molar-refractivity contribution is 6.00. The number of hydrogen-bond donors (Lipinski definition) is 3. The topological polar surface area (TPSA) is 130 Å². The number of carboxylic acids is 1. The number of aliphatic hydroxyl groups excluding tert-OH is 1. The number of rotatable bonds is 6. The summed E-state index contributed by atoms with van der Waals surface area (Å²) in [5, 5.41) is 18.2. The van der Waals surface area contributed by atoms with Crippen LogP contribution in [0.5, 0.6) is 5.75 Å². The van der Waals surface area contributed by atoms with Gasteiger partial charge in [-0.2, -0.15) is 0 Å². The maximum absolute atomic E-state index is 11.8. The van der Waals surface area contributed by atoms with Crippen molar-refractivity contribution in [3.8, 4) is 5.75 Å². The molecule has 1 aromatic rings. The lowest BCUT2D eigenvalue weighted by Crippen LogP contribution is -2.49. The summed E-state index contributed by atoms with van der Waals surface area (Å²) >= 11 is 0. The van der Waals surface area contributed by atoms with Gasteiger partial charge in [-0.1, -0.05) is 18.2 Å². The number of nitrogens with zero attached hydrogens (tertiary/aromatic N) is 1. The summed E-state index contributed by atoms with van der Waals surface area (Å²) in [6.07, 6.45) is -1.99. The number of ether oxygens (including phenoxy) is 1. The highest BCUT2D eigenvalue weighted by Gasteiger charge is 2.29. The number of nitrogens with two attached hydrogens (primary N) is 1. The van der Waals surface area contributed by atoms with Gasteiger partial charge in [-0.05, 0) is 12.1 Å². The maximum atomic E-state index is 11.8. The molecule has 0 radical (unpaired) electrons. The van der Waals surface area contributed by atoms with Gasteiger partial charge in [0, 0.05) is 0 Å². The first-order valence-electron chi connectivity index (χ1n) is 5.61. The van der Waals surface area contributed by atoms with Gasteiger partial charge in [-0.25, -0.2) is 0 Å². The Hall–Kier alpha value is -2.45. The van der Waals surface area contributed by atoms with Crippen LogP contribution in [0.25, 0.3) is 0 Å². The van der Waals surface area contributed by atoms with Crippen LogP contribution >= 0.6 is 0 Å². The van der Waals surface area contributed by atoms with Crippen LogP contribution in [0.15, 0.2) is 30.3 Å². The molecule has 1 atom stereocenters. The Bertz CT molecular complexity index is 490. The molecule has 0 spiro atoms. The second-order valence-corrected chi connectivity index (χ2v) is 3.70. The number of carbonyl (C=O) groups is 3. The van der Waals surface area contributed by atoms with Crippen LogP contribution < -0.4 is 10.5 Å². The fraction of sp³-hybridized carbons (Fsp3) is 0.250. The number of hydrogen-bond acceptors (Lipinski definition) is 6. The van der Waals surface area contributed by atoms with Gasteiger partial charge in [0.05, 0.1) is 6.54 Å².